The van der Waals surface area contributed by atoms with Crippen LogP contribution in [0.1, 0.15) is 16.1 Å². The van der Waals surface area contributed by atoms with Gasteiger partial charge in [-0.3, -0.25) is 4.79 Å². The Bertz CT molecular complexity index is 673. The molecule has 0 unspecified atom stereocenters. The minimum atomic E-state index is -0.667. The number of hydrogen-bond acceptors (Lipinski definition) is 3. The smallest absolute Gasteiger partial charge is 0.185 e. The van der Waals surface area contributed by atoms with Crippen molar-refractivity contribution in [1.82, 2.24) is 0 Å². The van der Waals surface area contributed by atoms with Crippen LogP contribution in [0.3, 0.4) is 0 Å². The Labute approximate surface area is 118 Å². The van der Waals surface area contributed by atoms with Gasteiger partial charge in [-0.15, -0.1) is 0 Å². The molecule has 90 valence electrons. The third-order valence-corrected chi connectivity index (χ3v) is 3.48. The van der Waals surface area contributed by atoms with Gasteiger partial charge in [0.2, 0.25) is 0 Å². The van der Waals surface area contributed by atoms with Crippen LogP contribution in [0.4, 0.5) is 4.39 Å². The van der Waals surface area contributed by atoms with Gasteiger partial charge in [-0.05, 0) is 50.1 Å². The Hall–Kier alpha value is -1.45. The maximum Gasteiger partial charge on any atom is 0.185 e. The van der Waals surface area contributed by atoms with E-state index in [-0.39, 0.29) is 27.1 Å². The second kappa shape index (κ2) is 5.04. The third-order valence-electron chi connectivity index (χ3n) is 2.27. The summed E-state index contributed by atoms with van der Waals surface area (Å²) in [4.78, 5) is 10.6. The van der Waals surface area contributed by atoms with Crippen molar-refractivity contribution in [3.63, 3.8) is 0 Å². The Morgan fingerprint density at radius 1 is 1.33 bits per heavy atom. The molecule has 6 heteroatoms. The minimum Gasteiger partial charge on any atom is -0.453 e. The molecule has 0 amide bonds. The van der Waals surface area contributed by atoms with Gasteiger partial charge in [0.1, 0.15) is 17.4 Å². The van der Waals surface area contributed by atoms with Crippen LogP contribution in [-0.2, 0) is 0 Å². The van der Waals surface area contributed by atoms with Crippen molar-refractivity contribution in [2.24, 2.45) is 0 Å². The highest BCUT2D eigenvalue weighted by Crippen LogP contribution is 2.37. The summed E-state index contributed by atoms with van der Waals surface area (Å²) in [6.45, 7) is 0. The van der Waals surface area contributed by atoms with Gasteiger partial charge in [-0.1, -0.05) is 0 Å². The number of nitrogens with zero attached hydrogens (tertiary/aromatic N) is 1. The quantitative estimate of drug-likeness (QED) is 0.583. The normalized spacial score (nSPS) is 10.1. The predicted octanol–water partition coefficient (Wildman–Crippen LogP) is 4.29. The van der Waals surface area contributed by atoms with E-state index in [1.807, 2.05) is 0 Å². The molecule has 18 heavy (non-hydrogen) atoms. The Morgan fingerprint density at radius 2 is 2.06 bits per heavy atom. The van der Waals surface area contributed by atoms with Crippen molar-refractivity contribution in [2.75, 3.05) is 0 Å². The molecule has 0 N–H and O–H groups in total. The zero-order valence-electron chi connectivity index (χ0n) is 8.71. The SMILES string of the molecule is N#Cc1c(F)c(Br)cc(Br)c1-c1ccc(C=O)o1. The van der Waals surface area contributed by atoms with Gasteiger partial charge >= 0.3 is 0 Å². The number of aldehydes is 1. The standard InChI is InChI=1S/C12H4Br2FNO2/c13-8-3-9(14)12(15)7(4-16)11(8)10-2-1-6(5-17)18-10/h1-3,5H. The van der Waals surface area contributed by atoms with Gasteiger partial charge in [0.05, 0.1) is 10.0 Å². The van der Waals surface area contributed by atoms with Crippen molar-refractivity contribution in [3.8, 4) is 17.4 Å². The molecular formula is C12H4Br2FNO2. The molecule has 2 aromatic rings. The summed E-state index contributed by atoms with van der Waals surface area (Å²) in [7, 11) is 0. The van der Waals surface area contributed by atoms with E-state index < -0.39 is 5.82 Å². The zero-order chi connectivity index (χ0) is 13.3. The molecule has 1 aromatic carbocycles. The van der Waals surface area contributed by atoms with Gasteiger partial charge < -0.3 is 4.42 Å². The van der Waals surface area contributed by atoms with E-state index in [1.165, 1.54) is 18.2 Å². The van der Waals surface area contributed by atoms with E-state index in [0.29, 0.717) is 10.8 Å². The molecular weight excluding hydrogens is 369 g/mol. The average Bonchev–Trinajstić information content (AvgIpc) is 2.81. The lowest BCUT2D eigenvalue weighted by Crippen LogP contribution is -1.92. The zero-order valence-corrected chi connectivity index (χ0v) is 11.9. The van der Waals surface area contributed by atoms with Crippen molar-refractivity contribution in [3.05, 3.63) is 44.3 Å². The van der Waals surface area contributed by atoms with Gasteiger partial charge in [-0.25, -0.2) is 4.39 Å². The fourth-order valence-electron chi connectivity index (χ4n) is 1.49. The molecule has 1 aromatic heterocycles. The topological polar surface area (TPSA) is 54.0 Å². The maximum atomic E-state index is 13.8. The Kier molecular flexibility index (Phi) is 3.64. The van der Waals surface area contributed by atoms with Crippen LogP contribution in [0.15, 0.2) is 31.6 Å². The first-order valence-corrected chi connectivity index (χ1v) is 6.30. The van der Waals surface area contributed by atoms with Crippen LogP contribution in [0.5, 0.6) is 0 Å². The summed E-state index contributed by atoms with van der Waals surface area (Å²) in [5, 5.41) is 9.03. The summed E-state index contributed by atoms with van der Waals surface area (Å²) in [5.74, 6) is -0.296. The van der Waals surface area contributed by atoms with Crippen LogP contribution in [0.25, 0.3) is 11.3 Å². The highest BCUT2D eigenvalue weighted by molar-refractivity contribution is 9.11. The number of benzene rings is 1. The fraction of sp³-hybridized carbons (Fsp3) is 0. The van der Waals surface area contributed by atoms with Gasteiger partial charge in [0.15, 0.2) is 17.9 Å². The Balaban J connectivity index is 2.74. The predicted molar refractivity (Wildman–Crippen MR) is 69.6 cm³/mol. The van der Waals surface area contributed by atoms with Gasteiger partial charge in [0, 0.05) is 4.47 Å². The molecule has 0 aliphatic rings. The molecule has 0 radical (unpaired) electrons. The summed E-state index contributed by atoms with van der Waals surface area (Å²) in [6, 6.07) is 6.23. The summed E-state index contributed by atoms with van der Waals surface area (Å²) < 4.78 is 19.7. The van der Waals surface area contributed by atoms with Crippen LogP contribution >= 0.6 is 31.9 Å². The molecule has 2 rings (SSSR count). The number of carbonyl (C=O) groups is 1. The first-order chi connectivity index (χ1) is 8.58. The molecule has 1 heterocycles. The van der Waals surface area contributed by atoms with Crippen LogP contribution < -0.4 is 0 Å². The number of halogens is 3. The van der Waals surface area contributed by atoms with E-state index in [4.69, 9.17) is 9.68 Å². The minimum absolute atomic E-state index is 0.115. The lowest BCUT2D eigenvalue weighted by atomic mass is 10.1. The Morgan fingerprint density at radius 3 is 2.61 bits per heavy atom. The summed E-state index contributed by atoms with van der Waals surface area (Å²) in [6.07, 6.45) is 0.540. The largest absolute Gasteiger partial charge is 0.453 e. The van der Waals surface area contributed by atoms with E-state index >= 15 is 0 Å². The maximum absolute atomic E-state index is 13.8. The first kappa shape index (κ1) is 13.0. The van der Waals surface area contributed by atoms with E-state index in [0.717, 1.165) is 0 Å². The van der Waals surface area contributed by atoms with Crippen LogP contribution in [0, 0.1) is 17.1 Å². The third kappa shape index (κ3) is 2.11. The monoisotopic (exact) mass is 371 g/mol. The second-order valence-electron chi connectivity index (χ2n) is 3.34. The van der Waals surface area contributed by atoms with Gasteiger partial charge in [0.25, 0.3) is 0 Å². The highest BCUT2D eigenvalue weighted by Gasteiger charge is 2.19. The number of carbonyl (C=O) groups excluding carboxylic acids is 1. The molecule has 0 fully saturated rings. The van der Waals surface area contributed by atoms with Crippen LogP contribution in [0.2, 0.25) is 0 Å². The average molecular weight is 373 g/mol. The summed E-state index contributed by atoms with van der Waals surface area (Å²) in [5.41, 5.74) is 0.134. The van der Waals surface area contributed by atoms with Crippen molar-refractivity contribution in [1.29, 1.82) is 5.26 Å². The van der Waals surface area contributed by atoms with E-state index in [9.17, 15) is 9.18 Å². The van der Waals surface area contributed by atoms with Gasteiger partial charge in [-0.2, -0.15) is 5.26 Å². The highest BCUT2D eigenvalue weighted by atomic mass is 79.9. The molecule has 0 saturated heterocycles. The summed E-state index contributed by atoms with van der Waals surface area (Å²) >= 11 is 6.27. The van der Waals surface area contributed by atoms with Crippen molar-refractivity contribution < 1.29 is 13.6 Å². The molecule has 0 bridgehead atoms. The number of nitriles is 1. The second-order valence-corrected chi connectivity index (χ2v) is 5.04. The van der Waals surface area contributed by atoms with Crippen molar-refractivity contribution in [2.45, 2.75) is 0 Å². The molecule has 0 saturated carbocycles. The lowest BCUT2D eigenvalue weighted by Gasteiger charge is -2.06. The lowest BCUT2D eigenvalue weighted by molar-refractivity contribution is 0.110. The van der Waals surface area contributed by atoms with E-state index in [2.05, 4.69) is 31.9 Å². The fourth-order valence-corrected chi connectivity index (χ4v) is 2.85. The molecule has 0 aliphatic carbocycles. The molecule has 3 nitrogen and oxygen atoms in total. The molecule has 0 aliphatic heterocycles. The number of furan rings is 1. The van der Waals surface area contributed by atoms with Crippen LogP contribution in [-0.4, -0.2) is 6.29 Å². The number of hydrogen-bond donors (Lipinski definition) is 0. The molecule has 0 atom stereocenters. The van der Waals surface area contributed by atoms with E-state index in [1.54, 1.807) is 6.07 Å². The van der Waals surface area contributed by atoms with Crippen molar-refractivity contribution >= 4 is 38.1 Å². The molecule has 0 spiro atoms. The number of rotatable bonds is 2. The first-order valence-electron chi connectivity index (χ1n) is 4.71.